The number of anilines is 1. The summed E-state index contributed by atoms with van der Waals surface area (Å²) in [6, 6.07) is 13.8. The predicted octanol–water partition coefficient (Wildman–Crippen LogP) is 2.06. The van der Waals surface area contributed by atoms with Crippen molar-refractivity contribution < 1.29 is 23.9 Å². The Balaban J connectivity index is 1.52. The van der Waals surface area contributed by atoms with Crippen LogP contribution in [-0.4, -0.2) is 56.0 Å². The van der Waals surface area contributed by atoms with Crippen molar-refractivity contribution in [3.05, 3.63) is 54.1 Å². The van der Waals surface area contributed by atoms with E-state index in [1.807, 2.05) is 0 Å². The quantitative estimate of drug-likeness (QED) is 0.658. The van der Waals surface area contributed by atoms with E-state index >= 15 is 0 Å². The lowest BCUT2D eigenvalue weighted by molar-refractivity contribution is -0.124. The third-order valence-corrected chi connectivity index (χ3v) is 4.70. The Morgan fingerprint density at radius 2 is 1.67 bits per heavy atom. The van der Waals surface area contributed by atoms with Crippen molar-refractivity contribution in [3.8, 4) is 11.5 Å². The second kappa shape index (κ2) is 9.78. The topological polar surface area (TPSA) is 97.0 Å². The van der Waals surface area contributed by atoms with Gasteiger partial charge in [-0.15, -0.1) is 0 Å². The lowest BCUT2D eigenvalue weighted by Crippen LogP contribution is -2.43. The highest BCUT2D eigenvalue weighted by molar-refractivity contribution is 5.98. The predicted molar refractivity (Wildman–Crippen MR) is 112 cm³/mol. The molecule has 0 heterocycles. The average Bonchev–Trinajstić information content (AvgIpc) is 3.61. The zero-order chi connectivity index (χ0) is 21.5. The fourth-order valence-corrected chi connectivity index (χ4v) is 2.94. The Morgan fingerprint density at radius 1 is 0.967 bits per heavy atom. The second-order valence-electron chi connectivity index (χ2n) is 6.95. The van der Waals surface area contributed by atoms with Crippen LogP contribution >= 0.6 is 0 Å². The van der Waals surface area contributed by atoms with Gasteiger partial charge in [-0.25, -0.2) is 0 Å². The summed E-state index contributed by atoms with van der Waals surface area (Å²) < 4.78 is 10.2. The van der Waals surface area contributed by atoms with Crippen molar-refractivity contribution in [2.75, 3.05) is 32.6 Å². The molecule has 0 aromatic heterocycles. The number of rotatable bonds is 9. The van der Waals surface area contributed by atoms with Crippen LogP contribution in [0.15, 0.2) is 48.5 Å². The van der Waals surface area contributed by atoms with Gasteiger partial charge in [-0.1, -0.05) is 6.07 Å². The lowest BCUT2D eigenvalue weighted by atomic mass is 10.2. The van der Waals surface area contributed by atoms with Gasteiger partial charge in [0.1, 0.15) is 18.0 Å². The van der Waals surface area contributed by atoms with Crippen LogP contribution in [-0.2, 0) is 9.59 Å². The minimum absolute atomic E-state index is 0.0441. The van der Waals surface area contributed by atoms with Crippen LogP contribution in [0.5, 0.6) is 11.5 Å². The zero-order valence-corrected chi connectivity index (χ0v) is 17.0. The highest BCUT2D eigenvalue weighted by Gasteiger charge is 2.34. The van der Waals surface area contributed by atoms with Crippen molar-refractivity contribution in [1.82, 2.24) is 10.2 Å². The first-order chi connectivity index (χ1) is 14.5. The lowest BCUT2D eigenvalue weighted by Gasteiger charge is -2.22. The van der Waals surface area contributed by atoms with Crippen LogP contribution in [0.4, 0.5) is 5.69 Å². The van der Waals surface area contributed by atoms with E-state index in [0.717, 1.165) is 12.8 Å². The van der Waals surface area contributed by atoms with E-state index in [0.29, 0.717) is 22.7 Å². The van der Waals surface area contributed by atoms with Crippen LogP contribution in [0.3, 0.4) is 0 Å². The van der Waals surface area contributed by atoms with Crippen LogP contribution in [0.2, 0.25) is 0 Å². The Morgan fingerprint density at radius 3 is 2.30 bits per heavy atom. The van der Waals surface area contributed by atoms with E-state index in [1.54, 1.807) is 60.5 Å². The molecule has 0 saturated heterocycles. The molecule has 30 heavy (non-hydrogen) atoms. The first-order valence-corrected chi connectivity index (χ1v) is 9.66. The van der Waals surface area contributed by atoms with Crippen molar-refractivity contribution >= 4 is 23.4 Å². The first-order valence-electron chi connectivity index (χ1n) is 9.66. The molecule has 2 N–H and O–H groups in total. The fraction of sp³-hybridized carbons (Fsp3) is 0.318. The van der Waals surface area contributed by atoms with Crippen molar-refractivity contribution in [2.24, 2.45) is 0 Å². The summed E-state index contributed by atoms with van der Waals surface area (Å²) in [5.41, 5.74) is 1.06. The SMILES string of the molecule is COc1ccc(NC(=O)CNC(=O)CN(C(=O)c2cccc(OC)c2)C2CC2)cc1. The molecule has 158 valence electrons. The summed E-state index contributed by atoms with van der Waals surface area (Å²) in [6.07, 6.45) is 1.72. The summed E-state index contributed by atoms with van der Waals surface area (Å²) >= 11 is 0. The van der Waals surface area contributed by atoms with Gasteiger partial charge in [0, 0.05) is 17.3 Å². The van der Waals surface area contributed by atoms with Crippen molar-refractivity contribution in [2.45, 2.75) is 18.9 Å². The number of benzene rings is 2. The Bertz CT molecular complexity index is 909. The van der Waals surface area contributed by atoms with Crippen molar-refractivity contribution in [1.29, 1.82) is 0 Å². The summed E-state index contributed by atoms with van der Waals surface area (Å²) in [7, 11) is 3.10. The number of nitrogens with one attached hydrogen (secondary N) is 2. The fourth-order valence-electron chi connectivity index (χ4n) is 2.94. The summed E-state index contributed by atoms with van der Waals surface area (Å²) in [6.45, 7) is -0.284. The molecule has 1 aliphatic carbocycles. The van der Waals surface area contributed by atoms with E-state index in [9.17, 15) is 14.4 Å². The third-order valence-electron chi connectivity index (χ3n) is 4.70. The van der Waals surface area contributed by atoms with E-state index < -0.39 is 0 Å². The van der Waals surface area contributed by atoms with Crippen LogP contribution in [0, 0.1) is 0 Å². The molecule has 3 rings (SSSR count). The Labute approximate surface area is 175 Å². The maximum atomic E-state index is 12.9. The highest BCUT2D eigenvalue weighted by Crippen LogP contribution is 2.28. The smallest absolute Gasteiger partial charge is 0.254 e. The normalized spacial score (nSPS) is 12.6. The number of nitrogens with zero attached hydrogens (tertiary/aromatic N) is 1. The standard InChI is InChI=1S/C22H25N3O5/c1-29-18-10-6-16(7-11-18)24-20(26)13-23-21(27)14-25(17-8-9-17)22(28)15-4-3-5-19(12-15)30-2/h3-7,10-12,17H,8-9,13-14H2,1-2H3,(H,23,27)(H,24,26). The number of methoxy groups -OCH3 is 2. The molecular weight excluding hydrogens is 386 g/mol. The van der Waals surface area contributed by atoms with E-state index in [4.69, 9.17) is 9.47 Å². The summed E-state index contributed by atoms with van der Waals surface area (Å²) in [5.74, 6) is 0.293. The monoisotopic (exact) mass is 411 g/mol. The minimum atomic E-state index is -0.386. The molecular formula is C22H25N3O5. The number of carbonyl (C=O) groups excluding carboxylic acids is 3. The zero-order valence-electron chi connectivity index (χ0n) is 17.0. The molecule has 0 spiro atoms. The third kappa shape index (κ3) is 5.73. The Hall–Kier alpha value is -3.55. The largest absolute Gasteiger partial charge is 0.497 e. The van der Waals surface area contributed by atoms with E-state index in [2.05, 4.69) is 10.6 Å². The molecule has 0 unspecified atom stereocenters. The molecule has 3 amide bonds. The molecule has 1 fully saturated rings. The number of amides is 3. The summed E-state index contributed by atoms with van der Waals surface area (Å²) in [5, 5.41) is 5.27. The molecule has 8 heteroatoms. The van der Waals surface area contributed by atoms with Crippen molar-refractivity contribution in [3.63, 3.8) is 0 Å². The van der Waals surface area contributed by atoms with Gasteiger partial charge in [-0.05, 0) is 55.3 Å². The maximum Gasteiger partial charge on any atom is 0.254 e. The van der Waals surface area contributed by atoms with Gasteiger partial charge in [-0.3, -0.25) is 14.4 Å². The van der Waals surface area contributed by atoms with Crippen LogP contribution in [0.25, 0.3) is 0 Å². The molecule has 0 bridgehead atoms. The number of carbonyl (C=O) groups is 3. The minimum Gasteiger partial charge on any atom is -0.497 e. The van der Waals surface area contributed by atoms with Gasteiger partial charge in [0.05, 0.1) is 20.8 Å². The van der Waals surface area contributed by atoms with Gasteiger partial charge in [0.15, 0.2) is 0 Å². The second-order valence-corrected chi connectivity index (χ2v) is 6.95. The van der Waals surface area contributed by atoms with Gasteiger partial charge >= 0.3 is 0 Å². The molecule has 0 radical (unpaired) electrons. The van der Waals surface area contributed by atoms with Gasteiger partial charge in [0.25, 0.3) is 5.91 Å². The summed E-state index contributed by atoms with van der Waals surface area (Å²) in [4.78, 5) is 38.8. The van der Waals surface area contributed by atoms with E-state index in [-0.39, 0.29) is 36.9 Å². The first kappa shape index (κ1) is 21.2. The van der Waals surface area contributed by atoms with Gasteiger partial charge in [-0.2, -0.15) is 0 Å². The molecule has 1 aliphatic rings. The molecule has 0 aliphatic heterocycles. The molecule has 2 aromatic carbocycles. The molecule has 1 saturated carbocycles. The Kier molecular flexibility index (Phi) is 6.90. The average molecular weight is 411 g/mol. The molecule has 0 atom stereocenters. The molecule has 8 nitrogen and oxygen atoms in total. The van der Waals surface area contributed by atoms with Gasteiger partial charge in [0.2, 0.25) is 11.8 Å². The van der Waals surface area contributed by atoms with Crippen LogP contribution < -0.4 is 20.1 Å². The number of ether oxygens (including phenoxy) is 2. The van der Waals surface area contributed by atoms with E-state index in [1.165, 1.54) is 7.11 Å². The van der Waals surface area contributed by atoms with Gasteiger partial charge < -0.3 is 25.0 Å². The van der Waals surface area contributed by atoms with Crippen LogP contribution in [0.1, 0.15) is 23.2 Å². The highest BCUT2D eigenvalue weighted by atomic mass is 16.5. The number of hydrogen-bond donors (Lipinski definition) is 2. The maximum absolute atomic E-state index is 12.9. The number of hydrogen-bond acceptors (Lipinski definition) is 5. The molecule has 2 aromatic rings.